The number of pyridine rings is 1. The molecule has 1 aromatic heterocycles. The molecule has 24 heavy (non-hydrogen) atoms. The molecule has 2 amide bonds. The summed E-state index contributed by atoms with van der Waals surface area (Å²) in [5.41, 5.74) is 1.87. The average Bonchev–Trinajstić information content (AvgIpc) is 2.99. The highest BCUT2D eigenvalue weighted by Crippen LogP contribution is 2.32. The fourth-order valence-electron chi connectivity index (χ4n) is 2.84. The Morgan fingerprint density at radius 2 is 2.12 bits per heavy atom. The summed E-state index contributed by atoms with van der Waals surface area (Å²) in [6, 6.07) is 5.77. The van der Waals surface area contributed by atoms with Gasteiger partial charge in [0.05, 0.1) is 14.2 Å². The molecule has 2 heterocycles. The van der Waals surface area contributed by atoms with E-state index in [2.05, 4.69) is 15.6 Å². The Morgan fingerprint density at radius 3 is 2.79 bits per heavy atom. The van der Waals surface area contributed by atoms with E-state index in [0.717, 1.165) is 34.6 Å². The molecule has 1 aliphatic rings. The lowest BCUT2D eigenvalue weighted by Crippen LogP contribution is -2.32. The van der Waals surface area contributed by atoms with Crippen molar-refractivity contribution in [2.45, 2.75) is 6.92 Å². The SMILES string of the molecule is COc1cc(OC)c2nc(NCCN3CCNC3=O)cc(C)c2c1. The third-order valence-corrected chi connectivity index (χ3v) is 4.15. The van der Waals surface area contributed by atoms with Crippen LogP contribution in [0.5, 0.6) is 11.5 Å². The van der Waals surface area contributed by atoms with Crippen molar-refractivity contribution in [1.29, 1.82) is 0 Å². The third kappa shape index (κ3) is 3.15. The fraction of sp³-hybridized carbons (Fsp3) is 0.412. The van der Waals surface area contributed by atoms with Gasteiger partial charge in [0.15, 0.2) is 0 Å². The first-order valence-corrected chi connectivity index (χ1v) is 7.92. The molecular weight excluding hydrogens is 308 g/mol. The molecule has 0 unspecified atom stereocenters. The van der Waals surface area contributed by atoms with E-state index in [1.807, 2.05) is 25.1 Å². The molecule has 1 fully saturated rings. The van der Waals surface area contributed by atoms with E-state index in [1.54, 1.807) is 19.1 Å². The van der Waals surface area contributed by atoms with Crippen LogP contribution in [0, 0.1) is 6.92 Å². The summed E-state index contributed by atoms with van der Waals surface area (Å²) < 4.78 is 10.8. The number of methoxy groups -OCH3 is 2. The first-order valence-electron chi connectivity index (χ1n) is 7.92. The molecule has 1 aromatic carbocycles. The monoisotopic (exact) mass is 330 g/mol. The normalized spacial score (nSPS) is 14.0. The Morgan fingerprint density at radius 1 is 1.29 bits per heavy atom. The van der Waals surface area contributed by atoms with Gasteiger partial charge >= 0.3 is 6.03 Å². The van der Waals surface area contributed by atoms with Crippen LogP contribution in [0.3, 0.4) is 0 Å². The Hall–Kier alpha value is -2.70. The number of aryl methyl sites for hydroxylation is 1. The molecule has 7 heteroatoms. The number of fused-ring (bicyclic) bond motifs is 1. The lowest BCUT2D eigenvalue weighted by Gasteiger charge is -2.16. The number of benzene rings is 1. The lowest BCUT2D eigenvalue weighted by molar-refractivity contribution is 0.219. The van der Waals surface area contributed by atoms with Gasteiger partial charge in [-0.15, -0.1) is 0 Å². The Balaban J connectivity index is 1.80. The van der Waals surface area contributed by atoms with E-state index < -0.39 is 0 Å². The van der Waals surface area contributed by atoms with Crippen LogP contribution in [0.2, 0.25) is 0 Å². The highest BCUT2D eigenvalue weighted by atomic mass is 16.5. The van der Waals surface area contributed by atoms with Crippen LogP contribution >= 0.6 is 0 Å². The standard InChI is InChI=1S/C17H22N4O3/c1-11-8-15(18-4-6-21-7-5-19-17(21)22)20-16-13(11)9-12(23-2)10-14(16)24-3/h8-10H,4-7H2,1-3H3,(H,18,20)(H,19,22). The minimum absolute atomic E-state index is 0.00628. The zero-order valence-electron chi connectivity index (χ0n) is 14.2. The molecule has 0 aliphatic carbocycles. The quantitative estimate of drug-likeness (QED) is 0.847. The molecule has 2 aromatic rings. The maximum atomic E-state index is 11.5. The van der Waals surface area contributed by atoms with Gasteiger partial charge in [0.2, 0.25) is 0 Å². The minimum atomic E-state index is -0.00628. The molecule has 0 spiro atoms. The first-order chi connectivity index (χ1) is 11.6. The van der Waals surface area contributed by atoms with Crippen molar-refractivity contribution in [3.8, 4) is 11.5 Å². The van der Waals surface area contributed by atoms with Crippen molar-refractivity contribution in [3.63, 3.8) is 0 Å². The molecule has 0 bridgehead atoms. The number of carbonyl (C=O) groups excluding carboxylic acids is 1. The van der Waals surface area contributed by atoms with Gasteiger partial charge in [0, 0.05) is 37.6 Å². The number of nitrogens with one attached hydrogen (secondary N) is 2. The second kappa shape index (κ2) is 6.82. The molecule has 0 saturated carbocycles. The van der Waals surface area contributed by atoms with Gasteiger partial charge in [0.25, 0.3) is 0 Å². The Bertz CT molecular complexity index is 763. The van der Waals surface area contributed by atoms with Crippen LogP contribution in [0.15, 0.2) is 18.2 Å². The van der Waals surface area contributed by atoms with E-state index >= 15 is 0 Å². The number of aromatic nitrogens is 1. The highest BCUT2D eigenvalue weighted by Gasteiger charge is 2.18. The predicted molar refractivity (Wildman–Crippen MR) is 93.0 cm³/mol. The summed E-state index contributed by atoms with van der Waals surface area (Å²) in [6.07, 6.45) is 0. The van der Waals surface area contributed by atoms with Crippen LogP contribution in [-0.4, -0.2) is 56.3 Å². The third-order valence-electron chi connectivity index (χ3n) is 4.15. The van der Waals surface area contributed by atoms with Gasteiger partial charge in [-0.3, -0.25) is 0 Å². The van der Waals surface area contributed by atoms with Gasteiger partial charge in [0.1, 0.15) is 22.8 Å². The van der Waals surface area contributed by atoms with E-state index in [1.165, 1.54) is 0 Å². The molecule has 1 aliphatic heterocycles. The Kier molecular flexibility index (Phi) is 4.59. The highest BCUT2D eigenvalue weighted by molar-refractivity contribution is 5.90. The van der Waals surface area contributed by atoms with E-state index in [-0.39, 0.29) is 6.03 Å². The molecule has 2 N–H and O–H groups in total. The zero-order chi connectivity index (χ0) is 17.1. The second-order valence-electron chi connectivity index (χ2n) is 5.70. The molecule has 0 atom stereocenters. The molecule has 128 valence electrons. The van der Waals surface area contributed by atoms with Crippen molar-refractivity contribution in [1.82, 2.24) is 15.2 Å². The number of carbonyl (C=O) groups is 1. The number of amides is 2. The molecule has 3 rings (SSSR count). The number of anilines is 1. The van der Waals surface area contributed by atoms with Crippen LogP contribution in [0.25, 0.3) is 10.9 Å². The van der Waals surface area contributed by atoms with Gasteiger partial charge in [-0.1, -0.05) is 0 Å². The van der Waals surface area contributed by atoms with Gasteiger partial charge in [-0.25, -0.2) is 9.78 Å². The maximum absolute atomic E-state index is 11.5. The molecular formula is C17H22N4O3. The Labute approximate surface area is 140 Å². The van der Waals surface area contributed by atoms with Crippen LogP contribution < -0.4 is 20.1 Å². The van der Waals surface area contributed by atoms with E-state index in [0.29, 0.717) is 25.4 Å². The van der Waals surface area contributed by atoms with Gasteiger partial charge < -0.3 is 25.0 Å². The smallest absolute Gasteiger partial charge is 0.317 e. The largest absolute Gasteiger partial charge is 0.497 e. The predicted octanol–water partition coefficient (Wildman–Crippen LogP) is 2.00. The number of hydrogen-bond acceptors (Lipinski definition) is 5. The molecule has 1 saturated heterocycles. The van der Waals surface area contributed by atoms with Crippen LogP contribution in [-0.2, 0) is 0 Å². The molecule has 0 radical (unpaired) electrons. The zero-order valence-corrected chi connectivity index (χ0v) is 14.2. The summed E-state index contributed by atoms with van der Waals surface area (Å²) in [5.74, 6) is 2.18. The number of nitrogens with zero attached hydrogens (tertiary/aromatic N) is 2. The number of rotatable bonds is 6. The van der Waals surface area contributed by atoms with Crippen LogP contribution in [0.1, 0.15) is 5.56 Å². The second-order valence-corrected chi connectivity index (χ2v) is 5.70. The van der Waals surface area contributed by atoms with Crippen molar-refractivity contribution in [2.75, 3.05) is 45.7 Å². The summed E-state index contributed by atoms with van der Waals surface area (Å²) in [4.78, 5) is 18.0. The fourth-order valence-corrected chi connectivity index (χ4v) is 2.84. The lowest BCUT2D eigenvalue weighted by atomic mass is 10.1. The van der Waals surface area contributed by atoms with Crippen molar-refractivity contribution < 1.29 is 14.3 Å². The van der Waals surface area contributed by atoms with Crippen LogP contribution in [0.4, 0.5) is 10.6 Å². The van der Waals surface area contributed by atoms with Crippen molar-refractivity contribution >= 4 is 22.8 Å². The minimum Gasteiger partial charge on any atom is -0.497 e. The van der Waals surface area contributed by atoms with Crippen molar-refractivity contribution in [2.24, 2.45) is 0 Å². The van der Waals surface area contributed by atoms with Crippen molar-refractivity contribution in [3.05, 3.63) is 23.8 Å². The summed E-state index contributed by atoms with van der Waals surface area (Å²) in [5, 5.41) is 7.07. The van der Waals surface area contributed by atoms with Gasteiger partial charge in [-0.2, -0.15) is 0 Å². The first kappa shape index (κ1) is 16.2. The summed E-state index contributed by atoms with van der Waals surface area (Å²) in [7, 11) is 3.26. The summed E-state index contributed by atoms with van der Waals surface area (Å²) in [6.45, 7) is 4.78. The van der Waals surface area contributed by atoms with Gasteiger partial charge in [-0.05, 0) is 24.6 Å². The topological polar surface area (TPSA) is 75.7 Å². The molecule has 7 nitrogen and oxygen atoms in total. The van der Waals surface area contributed by atoms with E-state index in [4.69, 9.17) is 9.47 Å². The summed E-state index contributed by atoms with van der Waals surface area (Å²) >= 11 is 0. The number of hydrogen-bond donors (Lipinski definition) is 2. The number of urea groups is 1. The average molecular weight is 330 g/mol. The van der Waals surface area contributed by atoms with E-state index in [9.17, 15) is 4.79 Å². The maximum Gasteiger partial charge on any atom is 0.317 e. The number of ether oxygens (including phenoxy) is 2.